The van der Waals surface area contributed by atoms with Gasteiger partial charge in [-0.3, -0.25) is 9.69 Å². The molecule has 110 valence electrons. The highest BCUT2D eigenvalue weighted by Gasteiger charge is 2.33. The first-order chi connectivity index (χ1) is 9.61. The smallest absolute Gasteiger partial charge is 0.251 e. The fourth-order valence-corrected chi connectivity index (χ4v) is 3.19. The molecule has 0 aliphatic carbocycles. The molecule has 0 amide bonds. The molecule has 3 heterocycles. The minimum atomic E-state index is -0.0934. The summed E-state index contributed by atoms with van der Waals surface area (Å²) in [6.45, 7) is 7.00. The van der Waals surface area contributed by atoms with E-state index in [-0.39, 0.29) is 11.7 Å². The lowest BCUT2D eigenvalue weighted by Gasteiger charge is -2.34. The summed E-state index contributed by atoms with van der Waals surface area (Å²) >= 11 is 0. The van der Waals surface area contributed by atoms with Gasteiger partial charge in [0.15, 0.2) is 0 Å². The van der Waals surface area contributed by atoms with Crippen LogP contribution in [-0.4, -0.2) is 40.6 Å². The molecule has 2 fully saturated rings. The van der Waals surface area contributed by atoms with Crippen LogP contribution in [0.4, 0.5) is 0 Å². The molecular weight excluding hydrogens is 254 g/mol. The minimum Gasteiger partial charge on any atom is -0.367 e. The fourth-order valence-electron chi connectivity index (χ4n) is 3.19. The van der Waals surface area contributed by atoms with E-state index in [2.05, 4.69) is 28.7 Å². The lowest BCUT2D eigenvalue weighted by atomic mass is 10.1. The maximum atomic E-state index is 11.8. The van der Waals surface area contributed by atoms with Crippen LogP contribution in [0.5, 0.6) is 0 Å². The molecule has 0 spiro atoms. The van der Waals surface area contributed by atoms with Crippen LogP contribution in [0.15, 0.2) is 10.9 Å². The first kappa shape index (κ1) is 13.8. The zero-order chi connectivity index (χ0) is 14.1. The standard InChI is InChI=1S/C15H23N3O2/c1-10(2)6-11-7-14(19)17-15(16-11)13-8-18-5-3-4-12(18)9-20-13/h7,10,12-13H,3-6,8-9H2,1-2H3,(H,16,17,19). The van der Waals surface area contributed by atoms with Gasteiger partial charge in [-0.25, -0.2) is 4.98 Å². The molecule has 1 aromatic rings. The first-order valence-electron chi connectivity index (χ1n) is 7.57. The molecule has 0 aromatic carbocycles. The van der Waals surface area contributed by atoms with Crippen LogP contribution in [0, 0.1) is 5.92 Å². The Morgan fingerprint density at radius 3 is 3.20 bits per heavy atom. The van der Waals surface area contributed by atoms with E-state index < -0.39 is 0 Å². The monoisotopic (exact) mass is 277 g/mol. The van der Waals surface area contributed by atoms with Crippen molar-refractivity contribution in [3.63, 3.8) is 0 Å². The fraction of sp³-hybridized carbons (Fsp3) is 0.733. The van der Waals surface area contributed by atoms with Crippen molar-refractivity contribution in [3.05, 3.63) is 27.9 Å². The number of hydrogen-bond donors (Lipinski definition) is 1. The quantitative estimate of drug-likeness (QED) is 0.909. The Morgan fingerprint density at radius 1 is 1.55 bits per heavy atom. The predicted octanol–water partition coefficient (Wildman–Crippen LogP) is 1.50. The molecule has 2 unspecified atom stereocenters. The number of nitrogens with one attached hydrogen (secondary N) is 1. The van der Waals surface area contributed by atoms with Crippen LogP contribution in [-0.2, 0) is 11.2 Å². The number of H-pyrrole nitrogens is 1. The van der Waals surface area contributed by atoms with E-state index in [1.54, 1.807) is 6.07 Å². The number of aromatic nitrogens is 2. The van der Waals surface area contributed by atoms with Crippen LogP contribution in [0.3, 0.4) is 0 Å². The molecule has 1 N–H and O–H groups in total. The van der Waals surface area contributed by atoms with Crippen molar-refractivity contribution in [3.8, 4) is 0 Å². The number of rotatable bonds is 3. The summed E-state index contributed by atoms with van der Waals surface area (Å²) < 4.78 is 5.92. The summed E-state index contributed by atoms with van der Waals surface area (Å²) in [4.78, 5) is 21.7. The SMILES string of the molecule is CC(C)Cc1cc(=O)[nH]c(C2CN3CCCC3CO2)n1. The average Bonchev–Trinajstić information content (AvgIpc) is 2.84. The Balaban J connectivity index is 1.79. The van der Waals surface area contributed by atoms with Gasteiger partial charge in [0.25, 0.3) is 5.56 Å². The van der Waals surface area contributed by atoms with E-state index in [0.717, 1.165) is 31.8 Å². The van der Waals surface area contributed by atoms with E-state index >= 15 is 0 Å². The van der Waals surface area contributed by atoms with Crippen molar-refractivity contribution in [2.75, 3.05) is 19.7 Å². The average molecular weight is 277 g/mol. The van der Waals surface area contributed by atoms with Gasteiger partial charge in [-0.05, 0) is 31.7 Å². The van der Waals surface area contributed by atoms with Gasteiger partial charge < -0.3 is 9.72 Å². The molecule has 2 saturated heterocycles. The van der Waals surface area contributed by atoms with Crippen molar-refractivity contribution in [1.29, 1.82) is 0 Å². The van der Waals surface area contributed by atoms with Crippen molar-refractivity contribution < 1.29 is 4.74 Å². The van der Waals surface area contributed by atoms with Crippen LogP contribution in [0.2, 0.25) is 0 Å². The minimum absolute atomic E-state index is 0.0715. The Bertz CT molecular complexity index is 526. The number of hydrogen-bond acceptors (Lipinski definition) is 4. The molecule has 0 radical (unpaired) electrons. The van der Waals surface area contributed by atoms with E-state index in [4.69, 9.17) is 4.74 Å². The van der Waals surface area contributed by atoms with Gasteiger partial charge in [-0.15, -0.1) is 0 Å². The Labute approximate surface area is 119 Å². The first-order valence-corrected chi connectivity index (χ1v) is 7.57. The molecule has 0 bridgehead atoms. The molecular formula is C15H23N3O2. The van der Waals surface area contributed by atoms with Crippen molar-refractivity contribution in [2.24, 2.45) is 5.92 Å². The normalized spacial score (nSPS) is 26.9. The van der Waals surface area contributed by atoms with E-state index in [9.17, 15) is 4.79 Å². The molecule has 2 atom stereocenters. The van der Waals surface area contributed by atoms with Gasteiger partial charge in [-0.2, -0.15) is 0 Å². The second kappa shape index (κ2) is 5.66. The summed E-state index contributed by atoms with van der Waals surface area (Å²) in [5, 5.41) is 0. The molecule has 5 nitrogen and oxygen atoms in total. The van der Waals surface area contributed by atoms with Crippen LogP contribution in [0.1, 0.15) is 44.3 Å². The van der Waals surface area contributed by atoms with Crippen molar-refractivity contribution in [1.82, 2.24) is 14.9 Å². The molecule has 3 rings (SSSR count). The summed E-state index contributed by atoms with van der Waals surface area (Å²) in [6.07, 6.45) is 3.21. The third-order valence-corrected chi connectivity index (χ3v) is 4.12. The topological polar surface area (TPSA) is 58.2 Å². The van der Waals surface area contributed by atoms with Gasteiger partial charge >= 0.3 is 0 Å². The highest BCUT2D eigenvalue weighted by atomic mass is 16.5. The van der Waals surface area contributed by atoms with Crippen molar-refractivity contribution >= 4 is 0 Å². The van der Waals surface area contributed by atoms with Gasteiger partial charge in [0.05, 0.1) is 6.61 Å². The maximum absolute atomic E-state index is 11.8. The van der Waals surface area contributed by atoms with Gasteiger partial charge in [-0.1, -0.05) is 13.8 Å². The van der Waals surface area contributed by atoms with Gasteiger partial charge in [0.1, 0.15) is 11.9 Å². The largest absolute Gasteiger partial charge is 0.367 e. The zero-order valence-corrected chi connectivity index (χ0v) is 12.3. The van der Waals surface area contributed by atoms with E-state index in [1.807, 2.05) is 0 Å². The Kier molecular flexibility index (Phi) is 3.89. The second-order valence-electron chi connectivity index (χ2n) is 6.33. The zero-order valence-electron chi connectivity index (χ0n) is 12.3. The predicted molar refractivity (Wildman–Crippen MR) is 76.7 cm³/mol. The van der Waals surface area contributed by atoms with Gasteiger partial charge in [0.2, 0.25) is 0 Å². The highest BCUT2D eigenvalue weighted by molar-refractivity contribution is 5.06. The third kappa shape index (κ3) is 2.94. The number of nitrogens with zero attached hydrogens (tertiary/aromatic N) is 2. The molecule has 2 aliphatic rings. The van der Waals surface area contributed by atoms with Crippen molar-refractivity contribution in [2.45, 2.75) is 45.3 Å². The van der Waals surface area contributed by atoms with E-state index in [1.165, 1.54) is 12.8 Å². The molecule has 1 aromatic heterocycles. The number of aromatic amines is 1. The van der Waals surface area contributed by atoms with Gasteiger partial charge in [0, 0.05) is 24.3 Å². The highest BCUT2D eigenvalue weighted by Crippen LogP contribution is 2.28. The Morgan fingerprint density at radius 2 is 2.40 bits per heavy atom. The number of morpholine rings is 1. The summed E-state index contributed by atoms with van der Waals surface area (Å²) in [7, 11) is 0. The third-order valence-electron chi connectivity index (χ3n) is 4.12. The molecule has 2 aliphatic heterocycles. The molecule has 0 saturated carbocycles. The Hall–Kier alpha value is -1.20. The lowest BCUT2D eigenvalue weighted by Crippen LogP contribution is -2.43. The second-order valence-corrected chi connectivity index (χ2v) is 6.33. The summed E-state index contributed by atoms with van der Waals surface area (Å²) in [5.41, 5.74) is 0.795. The molecule has 5 heteroatoms. The molecule has 20 heavy (non-hydrogen) atoms. The van der Waals surface area contributed by atoms with Crippen LogP contribution in [0.25, 0.3) is 0 Å². The summed E-state index contributed by atoms with van der Waals surface area (Å²) in [6, 6.07) is 2.17. The van der Waals surface area contributed by atoms with E-state index in [0.29, 0.717) is 17.8 Å². The maximum Gasteiger partial charge on any atom is 0.251 e. The number of ether oxygens (including phenoxy) is 1. The lowest BCUT2D eigenvalue weighted by molar-refractivity contribution is -0.0543. The number of fused-ring (bicyclic) bond motifs is 1. The van der Waals surface area contributed by atoms with Crippen LogP contribution >= 0.6 is 0 Å². The van der Waals surface area contributed by atoms with Crippen LogP contribution < -0.4 is 5.56 Å². The summed E-state index contributed by atoms with van der Waals surface area (Å²) in [5.74, 6) is 1.19.